The highest BCUT2D eigenvalue weighted by Crippen LogP contribution is 2.46. The van der Waals surface area contributed by atoms with Crippen LogP contribution in [0, 0.1) is 5.92 Å². The summed E-state index contributed by atoms with van der Waals surface area (Å²) >= 11 is 0. The summed E-state index contributed by atoms with van der Waals surface area (Å²) in [5, 5.41) is 6.11. The number of aromatic nitrogens is 1. The molecule has 3 aromatic rings. The number of nitrogens with two attached hydrogens (primary N) is 1. The highest BCUT2D eigenvalue weighted by molar-refractivity contribution is 5.97. The number of nitrogens with zero attached hydrogens (tertiary/aromatic N) is 2. The fraction of sp³-hybridized carbons (Fsp3) is 0.432. The molecule has 1 aromatic heterocycles. The first-order chi connectivity index (χ1) is 23.8. The molecule has 13 nitrogen and oxygen atoms in total. The number of esters is 1. The SMILES string of the molecule is C=C[C@@H]1C[C@]1(NC(=O)[C@@H]1C[C@@H](Oc2cc(-c3ccccc3)nc3cc(OC)ccc23)CN1C(=O)[C@H](CN)NC(=O)OC(C)(C)C)C(=O)OCC. The fourth-order valence-electron chi connectivity index (χ4n) is 6.15. The first kappa shape index (κ1) is 36.1. The molecule has 1 saturated heterocycles. The molecule has 0 radical (unpaired) electrons. The number of hydrogen-bond donors (Lipinski definition) is 3. The van der Waals surface area contributed by atoms with Gasteiger partial charge in [-0.05, 0) is 46.2 Å². The second-order valence-corrected chi connectivity index (χ2v) is 13.4. The molecule has 2 aliphatic rings. The summed E-state index contributed by atoms with van der Waals surface area (Å²) in [7, 11) is 1.58. The van der Waals surface area contributed by atoms with Gasteiger partial charge < -0.3 is 40.2 Å². The van der Waals surface area contributed by atoms with Crippen molar-refractivity contribution in [3.8, 4) is 22.8 Å². The number of benzene rings is 2. The third-order valence-corrected chi connectivity index (χ3v) is 8.70. The summed E-state index contributed by atoms with van der Waals surface area (Å²) in [6.07, 6.45) is 0.513. The van der Waals surface area contributed by atoms with E-state index in [4.69, 9.17) is 29.7 Å². The lowest BCUT2D eigenvalue weighted by Crippen LogP contribution is -2.58. The Morgan fingerprint density at radius 3 is 2.50 bits per heavy atom. The number of fused-ring (bicyclic) bond motifs is 1. The van der Waals surface area contributed by atoms with Gasteiger partial charge in [0, 0.05) is 42.0 Å². The van der Waals surface area contributed by atoms with Crippen LogP contribution in [-0.2, 0) is 23.9 Å². The highest BCUT2D eigenvalue weighted by Gasteiger charge is 2.62. The van der Waals surface area contributed by atoms with Gasteiger partial charge in [0.2, 0.25) is 11.8 Å². The zero-order chi connectivity index (χ0) is 36.2. The maximum atomic E-state index is 14.1. The van der Waals surface area contributed by atoms with Crippen LogP contribution in [0.5, 0.6) is 11.5 Å². The lowest BCUT2D eigenvalue weighted by Gasteiger charge is -2.29. The number of methoxy groups -OCH3 is 1. The van der Waals surface area contributed by atoms with Crippen LogP contribution in [0.3, 0.4) is 0 Å². The van der Waals surface area contributed by atoms with E-state index >= 15 is 0 Å². The Hall–Kier alpha value is -5.17. The molecule has 0 bridgehead atoms. The molecule has 3 amide bonds. The topological polar surface area (TPSA) is 171 Å². The molecule has 4 N–H and O–H groups in total. The standard InChI is InChI=1S/C37H45N5O8/c1-7-23-19-37(23,34(45)48-8-2)41-32(43)30-17-25(21-42(30)33(44)29(20-38)40-35(46)50-36(3,4)5)49-31-18-27(22-12-10-9-11-13-22)39-28-16-24(47-6)14-15-26(28)31/h7,9-16,18,23,25,29-30H,1,8,17,19-21,38H2,2-6H3,(H,40,46)(H,41,43)/t23-,25-,29+,30+,37-/m1/s1. The van der Waals surface area contributed by atoms with E-state index in [1.165, 1.54) is 4.90 Å². The molecule has 0 spiro atoms. The first-order valence-corrected chi connectivity index (χ1v) is 16.6. The number of pyridine rings is 1. The third-order valence-electron chi connectivity index (χ3n) is 8.70. The van der Waals surface area contributed by atoms with Gasteiger partial charge in [-0.15, -0.1) is 6.58 Å². The normalized spacial score (nSPS) is 21.9. The van der Waals surface area contributed by atoms with Crippen LogP contribution in [-0.4, -0.2) is 89.9 Å². The Bertz CT molecular complexity index is 1760. The van der Waals surface area contributed by atoms with E-state index in [1.807, 2.05) is 48.5 Å². The predicted molar refractivity (Wildman–Crippen MR) is 186 cm³/mol. The largest absolute Gasteiger partial charge is 0.497 e. The number of carbonyl (C=O) groups excluding carboxylic acids is 4. The quantitative estimate of drug-likeness (QED) is 0.188. The summed E-state index contributed by atoms with van der Waals surface area (Å²) in [5.74, 6) is -0.946. The molecule has 13 heteroatoms. The Kier molecular flexibility index (Phi) is 10.7. The second-order valence-electron chi connectivity index (χ2n) is 13.4. The van der Waals surface area contributed by atoms with Crippen LogP contribution in [0.1, 0.15) is 40.5 Å². The van der Waals surface area contributed by atoms with E-state index in [0.29, 0.717) is 34.5 Å². The van der Waals surface area contributed by atoms with Crippen LogP contribution in [0.25, 0.3) is 22.2 Å². The van der Waals surface area contributed by atoms with E-state index in [1.54, 1.807) is 46.9 Å². The van der Waals surface area contributed by atoms with Crippen LogP contribution in [0.15, 0.2) is 67.3 Å². The number of alkyl carbamates (subject to hydrolysis) is 1. The van der Waals surface area contributed by atoms with E-state index < -0.39 is 53.2 Å². The third kappa shape index (κ3) is 7.83. The Morgan fingerprint density at radius 1 is 1.14 bits per heavy atom. The lowest BCUT2D eigenvalue weighted by atomic mass is 10.1. The molecule has 1 aliphatic heterocycles. The van der Waals surface area contributed by atoms with E-state index in [-0.39, 0.29) is 32.0 Å². The first-order valence-electron chi connectivity index (χ1n) is 16.6. The molecule has 1 aliphatic carbocycles. The molecule has 2 aromatic carbocycles. The van der Waals surface area contributed by atoms with Gasteiger partial charge in [-0.2, -0.15) is 0 Å². The van der Waals surface area contributed by atoms with Gasteiger partial charge in [0.25, 0.3) is 0 Å². The summed E-state index contributed by atoms with van der Waals surface area (Å²) in [6.45, 7) is 10.4. The molecule has 266 valence electrons. The van der Waals surface area contributed by atoms with Crippen molar-refractivity contribution in [3.05, 3.63) is 67.3 Å². The van der Waals surface area contributed by atoms with Gasteiger partial charge >= 0.3 is 12.1 Å². The molecule has 5 rings (SSSR count). The van der Waals surface area contributed by atoms with E-state index in [2.05, 4.69) is 17.2 Å². The monoisotopic (exact) mass is 687 g/mol. The number of hydrogen-bond acceptors (Lipinski definition) is 10. The van der Waals surface area contributed by atoms with Crippen molar-refractivity contribution < 1.29 is 38.1 Å². The highest BCUT2D eigenvalue weighted by atomic mass is 16.6. The Morgan fingerprint density at radius 2 is 1.88 bits per heavy atom. The minimum Gasteiger partial charge on any atom is -0.497 e. The van der Waals surface area contributed by atoms with Crippen molar-refractivity contribution in [2.75, 3.05) is 26.8 Å². The molecule has 50 heavy (non-hydrogen) atoms. The second kappa shape index (κ2) is 14.8. The van der Waals surface area contributed by atoms with Gasteiger partial charge in [0.05, 0.1) is 31.5 Å². The summed E-state index contributed by atoms with van der Waals surface area (Å²) in [5.41, 5.74) is 6.03. The minimum atomic E-state index is -1.28. The number of likely N-dealkylation sites (tertiary alicyclic amines) is 1. The number of rotatable bonds is 12. The van der Waals surface area contributed by atoms with Crippen molar-refractivity contribution in [1.29, 1.82) is 0 Å². The number of amides is 3. The van der Waals surface area contributed by atoms with Crippen LogP contribution in [0.4, 0.5) is 4.79 Å². The number of ether oxygens (including phenoxy) is 4. The zero-order valence-electron chi connectivity index (χ0n) is 29.1. The summed E-state index contributed by atoms with van der Waals surface area (Å²) in [4.78, 5) is 59.9. The van der Waals surface area contributed by atoms with Gasteiger partial charge in [-0.25, -0.2) is 14.6 Å². The van der Waals surface area contributed by atoms with E-state index in [0.717, 1.165) is 5.56 Å². The predicted octanol–water partition coefficient (Wildman–Crippen LogP) is 3.73. The van der Waals surface area contributed by atoms with Gasteiger partial charge in [0.15, 0.2) is 0 Å². The molecule has 5 atom stereocenters. The number of nitrogens with one attached hydrogen (secondary N) is 2. The summed E-state index contributed by atoms with van der Waals surface area (Å²) < 4.78 is 22.7. The van der Waals surface area contributed by atoms with Crippen molar-refractivity contribution in [2.24, 2.45) is 11.7 Å². The Labute approximate surface area is 291 Å². The molecular weight excluding hydrogens is 642 g/mol. The molecule has 2 fully saturated rings. The van der Waals surface area contributed by atoms with Gasteiger partial charge in [0.1, 0.15) is 40.8 Å². The van der Waals surface area contributed by atoms with Crippen LogP contribution in [0.2, 0.25) is 0 Å². The van der Waals surface area contributed by atoms with E-state index in [9.17, 15) is 19.2 Å². The van der Waals surface area contributed by atoms with Gasteiger partial charge in [-0.3, -0.25) is 9.59 Å². The Balaban J connectivity index is 1.47. The molecule has 2 heterocycles. The molecule has 0 unspecified atom stereocenters. The van der Waals surface area contributed by atoms with Crippen molar-refractivity contribution >= 4 is 34.8 Å². The molecule has 1 saturated carbocycles. The maximum absolute atomic E-state index is 14.1. The maximum Gasteiger partial charge on any atom is 0.408 e. The summed E-state index contributed by atoms with van der Waals surface area (Å²) in [6, 6.07) is 14.6. The van der Waals surface area contributed by atoms with Crippen molar-refractivity contribution in [1.82, 2.24) is 20.5 Å². The number of carbonyl (C=O) groups is 4. The fourth-order valence-corrected chi connectivity index (χ4v) is 6.15. The van der Waals surface area contributed by atoms with Gasteiger partial charge in [-0.1, -0.05) is 36.4 Å². The zero-order valence-corrected chi connectivity index (χ0v) is 29.1. The van der Waals surface area contributed by atoms with Crippen molar-refractivity contribution in [3.63, 3.8) is 0 Å². The minimum absolute atomic E-state index is 0.0125. The van der Waals surface area contributed by atoms with Crippen LogP contribution < -0.4 is 25.8 Å². The average Bonchev–Trinajstić information content (AvgIpc) is 3.65. The van der Waals surface area contributed by atoms with Crippen molar-refractivity contribution in [2.45, 2.75) is 69.9 Å². The van der Waals surface area contributed by atoms with Crippen LogP contribution >= 0.6 is 0 Å². The average molecular weight is 688 g/mol. The molecular formula is C37H45N5O8. The lowest BCUT2D eigenvalue weighted by molar-refractivity contribution is -0.150. The smallest absolute Gasteiger partial charge is 0.408 e.